The number of hydrogen-bond acceptors (Lipinski definition) is 2. The second kappa shape index (κ2) is 12.2. The fraction of sp³-hybridized carbons (Fsp3) is 0.875. The van der Waals surface area contributed by atoms with Crippen LogP contribution in [0.1, 0.15) is 66.2 Å². The maximum atomic E-state index is 12.3. The van der Waals surface area contributed by atoms with Gasteiger partial charge in [0.1, 0.15) is 0 Å². The van der Waals surface area contributed by atoms with Crippen LogP contribution < -0.4 is 0 Å². The van der Waals surface area contributed by atoms with Crippen molar-refractivity contribution in [2.45, 2.75) is 84.8 Å². The molecule has 0 radical (unpaired) electrons. The summed E-state index contributed by atoms with van der Waals surface area (Å²) >= 11 is -3.87. The Morgan fingerprint density at radius 3 is 1.75 bits per heavy atom. The van der Waals surface area contributed by atoms with E-state index in [0.29, 0.717) is 0 Å². The molecule has 0 aromatic carbocycles. The Labute approximate surface area is 133 Å². The monoisotopic (exact) mass is 410 g/mol. The molecule has 2 unspecified atom stereocenters. The van der Waals surface area contributed by atoms with Gasteiger partial charge in [-0.3, -0.25) is 0 Å². The van der Waals surface area contributed by atoms with Crippen molar-refractivity contribution in [1.82, 2.24) is 0 Å². The summed E-state index contributed by atoms with van der Waals surface area (Å²) in [6, 6.07) is 0. The average molecular weight is 409 g/mol. The van der Waals surface area contributed by atoms with Crippen LogP contribution in [0.25, 0.3) is 0 Å². The molecule has 0 aromatic rings. The van der Waals surface area contributed by atoms with Gasteiger partial charge in [-0.15, -0.1) is 0 Å². The molecule has 0 spiro atoms. The molecule has 0 heterocycles. The summed E-state index contributed by atoms with van der Waals surface area (Å²) in [6.07, 6.45) is 9.11. The van der Waals surface area contributed by atoms with Crippen molar-refractivity contribution in [2.75, 3.05) is 0 Å². The molecule has 0 amide bonds. The molecule has 0 rings (SSSR count). The molecular formula is C16H34O2SSn. The van der Waals surface area contributed by atoms with Crippen LogP contribution in [0.15, 0.2) is 12.7 Å². The van der Waals surface area contributed by atoms with E-state index >= 15 is 0 Å². The quantitative estimate of drug-likeness (QED) is 0.293. The van der Waals surface area contributed by atoms with Gasteiger partial charge in [-0.2, -0.15) is 0 Å². The predicted molar refractivity (Wildman–Crippen MR) is 93.8 cm³/mol. The minimum atomic E-state index is -2.70. The Balaban J connectivity index is 4.91. The average Bonchev–Trinajstić information content (AvgIpc) is 2.47. The van der Waals surface area contributed by atoms with Gasteiger partial charge in [-0.05, 0) is 0 Å². The first-order valence-corrected chi connectivity index (χ1v) is 16.6. The Morgan fingerprint density at radius 1 is 1.05 bits per heavy atom. The maximum absolute atomic E-state index is 12.3. The second-order valence-corrected chi connectivity index (χ2v) is 19.7. The molecule has 0 fully saturated rings. The molecule has 0 aliphatic carbocycles. The summed E-state index contributed by atoms with van der Waals surface area (Å²) < 4.78 is 22.4. The first-order valence-electron chi connectivity index (χ1n) is 8.27. The predicted octanol–water partition coefficient (Wildman–Crippen LogP) is 5.59. The van der Waals surface area contributed by atoms with Crippen molar-refractivity contribution in [3.05, 3.63) is 12.7 Å². The second-order valence-electron chi connectivity index (χ2n) is 5.78. The fourth-order valence-electron chi connectivity index (χ4n) is 2.33. The van der Waals surface area contributed by atoms with E-state index in [1.54, 1.807) is 6.08 Å². The van der Waals surface area contributed by atoms with Crippen molar-refractivity contribution in [2.24, 2.45) is 0 Å². The summed E-state index contributed by atoms with van der Waals surface area (Å²) in [4.78, 5) is 0. The third-order valence-corrected chi connectivity index (χ3v) is 20.4. The Morgan fingerprint density at radius 2 is 1.45 bits per heavy atom. The molecule has 0 aliphatic heterocycles. The molecule has 2 nitrogen and oxygen atoms in total. The van der Waals surface area contributed by atoms with Crippen LogP contribution in [0.5, 0.6) is 0 Å². The fourth-order valence-corrected chi connectivity index (χ4v) is 20.3. The first kappa shape index (κ1) is 20.6. The van der Waals surface area contributed by atoms with E-state index in [-0.39, 0.29) is 5.25 Å². The molecule has 4 heteroatoms. The van der Waals surface area contributed by atoms with Crippen LogP contribution in [-0.2, 0) is 13.6 Å². The van der Waals surface area contributed by atoms with Crippen molar-refractivity contribution in [3.8, 4) is 0 Å². The van der Waals surface area contributed by atoms with Crippen molar-refractivity contribution in [1.29, 1.82) is 0 Å². The normalized spacial score (nSPS) is 15.0. The topological polar surface area (TPSA) is 26.3 Å². The van der Waals surface area contributed by atoms with Gasteiger partial charge in [0.2, 0.25) is 0 Å². The molecular weight excluding hydrogens is 375 g/mol. The third-order valence-electron chi connectivity index (χ3n) is 3.85. The molecule has 0 N–H and O–H groups in total. The van der Waals surface area contributed by atoms with E-state index < -0.39 is 29.9 Å². The van der Waals surface area contributed by atoms with E-state index in [1.165, 1.54) is 51.8 Å². The van der Waals surface area contributed by atoms with E-state index in [1.807, 2.05) is 6.92 Å². The van der Waals surface area contributed by atoms with Crippen molar-refractivity contribution >= 4 is 29.9 Å². The molecule has 2 atom stereocenters. The van der Waals surface area contributed by atoms with Crippen LogP contribution in [0.4, 0.5) is 0 Å². The van der Waals surface area contributed by atoms with Gasteiger partial charge in [0, 0.05) is 0 Å². The number of unbranched alkanes of at least 4 members (excludes halogenated alkanes) is 3. The van der Waals surface area contributed by atoms with Gasteiger partial charge < -0.3 is 0 Å². The standard InChI is InChI=1S/C4H8O2S.3C4H9.Sn/c1-3-4(2)7(5)6;3*1-3-4-2;/h3-4H,1H2,2H3,(H,5,6);3*1,3-4H2,2H3;/q;;;;+1/p-1. The molecule has 0 aromatic heterocycles. The summed E-state index contributed by atoms with van der Waals surface area (Å²) in [5.74, 6) is 0. The Bertz CT molecular complexity index is 260. The van der Waals surface area contributed by atoms with Gasteiger partial charge in [-0.1, -0.05) is 0 Å². The van der Waals surface area contributed by atoms with Gasteiger partial charge in [-0.25, -0.2) is 0 Å². The van der Waals surface area contributed by atoms with Crippen LogP contribution in [0.2, 0.25) is 13.3 Å². The zero-order valence-electron chi connectivity index (χ0n) is 14.0. The summed E-state index contributed by atoms with van der Waals surface area (Å²) in [7, 11) is 0. The summed E-state index contributed by atoms with van der Waals surface area (Å²) in [6.45, 7) is 12.4. The summed E-state index contributed by atoms with van der Waals surface area (Å²) in [5.41, 5.74) is 0. The molecule has 120 valence electrons. The Kier molecular flexibility index (Phi) is 12.6. The van der Waals surface area contributed by atoms with Gasteiger partial charge >= 0.3 is 134 Å². The Hall–Kier alpha value is 0.649. The van der Waals surface area contributed by atoms with Gasteiger partial charge in [0.25, 0.3) is 0 Å². The van der Waals surface area contributed by atoms with Crippen LogP contribution in [-0.4, -0.2) is 28.2 Å². The molecule has 0 aliphatic rings. The van der Waals surface area contributed by atoms with E-state index in [2.05, 4.69) is 27.4 Å². The van der Waals surface area contributed by atoms with Crippen LogP contribution in [0.3, 0.4) is 0 Å². The van der Waals surface area contributed by atoms with Gasteiger partial charge in [0.15, 0.2) is 0 Å². The third kappa shape index (κ3) is 8.18. The van der Waals surface area contributed by atoms with Crippen molar-refractivity contribution < 1.29 is 6.73 Å². The van der Waals surface area contributed by atoms with E-state index in [0.717, 1.165) is 0 Å². The zero-order valence-corrected chi connectivity index (χ0v) is 17.6. The van der Waals surface area contributed by atoms with Crippen molar-refractivity contribution in [3.63, 3.8) is 0 Å². The molecule has 0 saturated carbocycles. The first-order chi connectivity index (χ1) is 9.55. The number of hydrogen-bond donors (Lipinski definition) is 0. The van der Waals surface area contributed by atoms with Gasteiger partial charge in [0.05, 0.1) is 0 Å². The SMILES string of the molecule is C=CC(C)S(=O)[O][Sn]([CH2]CCC)([CH2]CCC)[CH2]CCC. The minimum absolute atomic E-state index is 0.0454. The molecule has 20 heavy (non-hydrogen) atoms. The number of rotatable bonds is 13. The van der Waals surface area contributed by atoms with E-state index in [4.69, 9.17) is 2.52 Å². The molecule has 0 bridgehead atoms. The van der Waals surface area contributed by atoms with Crippen LogP contribution in [0, 0.1) is 0 Å². The summed E-state index contributed by atoms with van der Waals surface area (Å²) in [5, 5.41) is -0.0454. The van der Waals surface area contributed by atoms with E-state index in [9.17, 15) is 4.21 Å². The van der Waals surface area contributed by atoms with Crippen LogP contribution >= 0.6 is 0 Å². The molecule has 0 saturated heterocycles. The zero-order chi connectivity index (χ0) is 15.4.